The van der Waals surface area contributed by atoms with Crippen LogP contribution < -0.4 is 10.1 Å². The summed E-state index contributed by atoms with van der Waals surface area (Å²) in [4.78, 5) is 8.54. The van der Waals surface area contributed by atoms with Crippen molar-refractivity contribution in [1.29, 1.82) is 0 Å². The van der Waals surface area contributed by atoms with Crippen LogP contribution in [-0.2, 0) is 0 Å². The Morgan fingerprint density at radius 3 is 3.07 bits per heavy atom. The van der Waals surface area contributed by atoms with Crippen LogP contribution in [0.1, 0.15) is 30.0 Å². The number of aryl methyl sites for hydroxylation is 1. The Kier molecular flexibility index (Phi) is 3.16. The van der Waals surface area contributed by atoms with Gasteiger partial charge in [0.15, 0.2) is 0 Å². The fourth-order valence-corrected chi connectivity index (χ4v) is 2.04. The second-order valence-electron chi connectivity index (χ2n) is 3.97. The van der Waals surface area contributed by atoms with Crippen molar-refractivity contribution in [3.8, 4) is 6.01 Å². The van der Waals surface area contributed by atoms with Crippen LogP contribution in [0.4, 0.5) is 0 Å². The molecule has 1 aromatic rings. The predicted octanol–water partition coefficient (Wildman–Crippen LogP) is 1.26. The van der Waals surface area contributed by atoms with Crippen molar-refractivity contribution >= 4 is 0 Å². The number of hydrogen-bond donors (Lipinski definition) is 1. The lowest BCUT2D eigenvalue weighted by atomic mass is 9.94. The molecule has 1 fully saturated rings. The molecule has 2 heterocycles. The van der Waals surface area contributed by atoms with Crippen LogP contribution in [0.3, 0.4) is 0 Å². The second-order valence-corrected chi connectivity index (χ2v) is 3.97. The van der Waals surface area contributed by atoms with E-state index >= 15 is 0 Å². The highest BCUT2D eigenvalue weighted by Crippen LogP contribution is 2.24. The molecule has 4 heteroatoms. The lowest BCUT2D eigenvalue weighted by molar-refractivity contribution is 0.372. The Balaban J connectivity index is 2.24. The first-order chi connectivity index (χ1) is 7.31. The molecular formula is C11H17N3O. The van der Waals surface area contributed by atoms with E-state index in [1.54, 1.807) is 7.11 Å². The summed E-state index contributed by atoms with van der Waals surface area (Å²) in [5.74, 6) is 0.510. The molecule has 1 atom stereocenters. The van der Waals surface area contributed by atoms with E-state index in [0.29, 0.717) is 11.9 Å². The maximum atomic E-state index is 5.06. The molecule has 15 heavy (non-hydrogen) atoms. The topological polar surface area (TPSA) is 47.0 Å². The van der Waals surface area contributed by atoms with Gasteiger partial charge in [0.25, 0.3) is 0 Å². The average Bonchev–Trinajstić information content (AvgIpc) is 2.31. The summed E-state index contributed by atoms with van der Waals surface area (Å²) in [5, 5.41) is 3.40. The van der Waals surface area contributed by atoms with E-state index < -0.39 is 0 Å². The summed E-state index contributed by atoms with van der Waals surface area (Å²) < 4.78 is 5.06. The molecule has 0 spiro atoms. The minimum atomic E-state index is 0.473. The van der Waals surface area contributed by atoms with Gasteiger partial charge in [-0.25, -0.2) is 4.98 Å². The van der Waals surface area contributed by atoms with Crippen LogP contribution >= 0.6 is 0 Å². The number of nitrogens with one attached hydrogen (secondary N) is 1. The number of ether oxygens (including phenoxy) is 1. The summed E-state index contributed by atoms with van der Waals surface area (Å²) in [5.41, 5.74) is 2.29. The summed E-state index contributed by atoms with van der Waals surface area (Å²) in [6, 6.07) is 0.473. The zero-order valence-electron chi connectivity index (χ0n) is 9.29. The van der Waals surface area contributed by atoms with Crippen molar-refractivity contribution in [2.24, 2.45) is 0 Å². The summed E-state index contributed by atoms with van der Waals surface area (Å²) in [7, 11) is 1.60. The monoisotopic (exact) mass is 207 g/mol. The first-order valence-electron chi connectivity index (χ1n) is 5.39. The first-order valence-corrected chi connectivity index (χ1v) is 5.39. The molecule has 1 aliphatic rings. The van der Waals surface area contributed by atoms with E-state index in [4.69, 9.17) is 4.74 Å². The predicted molar refractivity (Wildman–Crippen MR) is 58.2 cm³/mol. The van der Waals surface area contributed by atoms with Gasteiger partial charge in [-0.15, -0.1) is 0 Å². The standard InChI is InChI=1S/C11H17N3O/c1-8-6-13-11(15-2)14-10(8)9-4-3-5-12-7-9/h6,9,12H,3-5,7H2,1-2H3. The molecule has 2 rings (SSSR count). The van der Waals surface area contributed by atoms with Gasteiger partial charge in [-0.3, -0.25) is 0 Å². The van der Waals surface area contributed by atoms with Gasteiger partial charge in [-0.05, 0) is 31.9 Å². The first kappa shape index (κ1) is 10.4. The fraction of sp³-hybridized carbons (Fsp3) is 0.636. The van der Waals surface area contributed by atoms with Crippen molar-refractivity contribution < 1.29 is 4.74 Å². The van der Waals surface area contributed by atoms with E-state index in [1.165, 1.54) is 12.8 Å². The van der Waals surface area contributed by atoms with Crippen LogP contribution in [0.2, 0.25) is 0 Å². The lowest BCUT2D eigenvalue weighted by Crippen LogP contribution is -2.29. The van der Waals surface area contributed by atoms with Crippen LogP contribution in [0.5, 0.6) is 6.01 Å². The molecule has 0 amide bonds. The molecule has 4 nitrogen and oxygen atoms in total. The SMILES string of the molecule is COc1ncc(C)c(C2CCCNC2)n1. The van der Waals surface area contributed by atoms with Gasteiger partial charge >= 0.3 is 6.01 Å². The lowest BCUT2D eigenvalue weighted by Gasteiger charge is -2.23. The molecule has 1 aliphatic heterocycles. The minimum Gasteiger partial charge on any atom is -0.467 e. The Morgan fingerprint density at radius 1 is 1.53 bits per heavy atom. The largest absolute Gasteiger partial charge is 0.467 e. The van der Waals surface area contributed by atoms with Gasteiger partial charge in [-0.2, -0.15) is 4.98 Å². The molecule has 0 bridgehead atoms. The Hall–Kier alpha value is -1.16. The molecule has 1 N–H and O–H groups in total. The molecule has 1 aromatic heterocycles. The quantitative estimate of drug-likeness (QED) is 0.793. The number of methoxy groups -OCH3 is 1. The summed E-state index contributed by atoms with van der Waals surface area (Å²) in [6.45, 7) is 4.20. The van der Waals surface area contributed by atoms with Crippen LogP contribution in [-0.4, -0.2) is 30.2 Å². The molecule has 1 unspecified atom stereocenters. The van der Waals surface area contributed by atoms with E-state index in [0.717, 1.165) is 24.3 Å². The fourth-order valence-electron chi connectivity index (χ4n) is 2.04. The van der Waals surface area contributed by atoms with Crippen molar-refractivity contribution in [3.63, 3.8) is 0 Å². The number of rotatable bonds is 2. The number of nitrogens with zero attached hydrogens (tertiary/aromatic N) is 2. The Bertz CT molecular complexity index is 335. The maximum absolute atomic E-state index is 5.06. The third-order valence-corrected chi connectivity index (χ3v) is 2.85. The summed E-state index contributed by atoms with van der Waals surface area (Å²) >= 11 is 0. The molecule has 0 saturated carbocycles. The molecule has 0 radical (unpaired) electrons. The van der Waals surface area contributed by atoms with E-state index in [2.05, 4.69) is 22.2 Å². The zero-order valence-corrected chi connectivity index (χ0v) is 9.29. The smallest absolute Gasteiger partial charge is 0.316 e. The Labute approximate surface area is 90.1 Å². The third kappa shape index (κ3) is 2.26. The van der Waals surface area contributed by atoms with Crippen LogP contribution in [0.15, 0.2) is 6.20 Å². The zero-order chi connectivity index (χ0) is 10.7. The van der Waals surface area contributed by atoms with Crippen molar-refractivity contribution in [3.05, 3.63) is 17.5 Å². The van der Waals surface area contributed by atoms with Crippen molar-refractivity contribution in [2.45, 2.75) is 25.7 Å². The molecule has 82 valence electrons. The molecule has 1 saturated heterocycles. The maximum Gasteiger partial charge on any atom is 0.316 e. The number of hydrogen-bond acceptors (Lipinski definition) is 4. The Morgan fingerprint density at radius 2 is 2.40 bits per heavy atom. The van der Waals surface area contributed by atoms with Crippen LogP contribution in [0, 0.1) is 6.92 Å². The molecule has 0 aliphatic carbocycles. The van der Waals surface area contributed by atoms with E-state index in [1.807, 2.05) is 6.20 Å². The van der Waals surface area contributed by atoms with Gasteiger partial charge in [0.2, 0.25) is 0 Å². The minimum absolute atomic E-state index is 0.473. The average molecular weight is 207 g/mol. The van der Waals surface area contributed by atoms with Gasteiger partial charge in [-0.1, -0.05) is 0 Å². The third-order valence-electron chi connectivity index (χ3n) is 2.85. The van der Waals surface area contributed by atoms with Gasteiger partial charge in [0.05, 0.1) is 12.8 Å². The highest BCUT2D eigenvalue weighted by atomic mass is 16.5. The normalized spacial score (nSPS) is 21.3. The van der Waals surface area contributed by atoms with E-state index in [-0.39, 0.29) is 0 Å². The van der Waals surface area contributed by atoms with Gasteiger partial charge in [0, 0.05) is 18.7 Å². The number of aromatic nitrogens is 2. The summed E-state index contributed by atoms with van der Waals surface area (Å²) in [6.07, 6.45) is 4.26. The number of piperidine rings is 1. The van der Waals surface area contributed by atoms with Crippen LogP contribution in [0.25, 0.3) is 0 Å². The van der Waals surface area contributed by atoms with Gasteiger partial charge < -0.3 is 10.1 Å². The molecule has 0 aromatic carbocycles. The molecular weight excluding hydrogens is 190 g/mol. The van der Waals surface area contributed by atoms with Gasteiger partial charge in [0.1, 0.15) is 0 Å². The highest BCUT2D eigenvalue weighted by Gasteiger charge is 2.19. The van der Waals surface area contributed by atoms with E-state index in [9.17, 15) is 0 Å². The van der Waals surface area contributed by atoms with Crippen molar-refractivity contribution in [2.75, 3.05) is 20.2 Å². The second kappa shape index (κ2) is 4.57. The highest BCUT2D eigenvalue weighted by molar-refractivity contribution is 5.22. The van der Waals surface area contributed by atoms with Crippen molar-refractivity contribution in [1.82, 2.24) is 15.3 Å².